The zero-order valence-electron chi connectivity index (χ0n) is 15.1. The summed E-state index contributed by atoms with van der Waals surface area (Å²) >= 11 is 0. The van der Waals surface area contributed by atoms with Crippen molar-refractivity contribution < 1.29 is 9.90 Å². The number of para-hydroxylation sites is 1. The maximum atomic E-state index is 12.3. The molecule has 1 unspecified atom stereocenters. The summed E-state index contributed by atoms with van der Waals surface area (Å²) in [5.41, 5.74) is 1.04. The number of carbonyl (C=O) groups excluding carboxylic acids is 1. The molecule has 0 saturated carbocycles. The van der Waals surface area contributed by atoms with Gasteiger partial charge in [-0.25, -0.2) is 4.79 Å². The lowest BCUT2D eigenvalue weighted by atomic mass is 9.87. The number of urea groups is 1. The molecule has 134 valence electrons. The summed E-state index contributed by atoms with van der Waals surface area (Å²) in [6, 6.07) is 10.6. The van der Waals surface area contributed by atoms with Crippen molar-refractivity contribution >= 4 is 11.7 Å². The van der Waals surface area contributed by atoms with E-state index < -0.39 is 0 Å². The number of amides is 2. The molecular weight excluding hydrogens is 302 g/mol. The summed E-state index contributed by atoms with van der Waals surface area (Å²) in [6.45, 7) is 8.04. The molecule has 1 atom stereocenters. The molecule has 3 N–H and O–H groups in total. The zero-order valence-corrected chi connectivity index (χ0v) is 15.1. The topological polar surface area (TPSA) is 64.6 Å². The Morgan fingerprint density at radius 3 is 2.50 bits per heavy atom. The fourth-order valence-electron chi connectivity index (χ4n) is 3.30. The first-order valence-electron chi connectivity index (χ1n) is 8.88. The smallest absolute Gasteiger partial charge is 0.317 e. The molecule has 2 rings (SSSR count). The Balaban J connectivity index is 1.72. The lowest BCUT2D eigenvalue weighted by Crippen LogP contribution is -2.48. The minimum atomic E-state index is -0.350. The van der Waals surface area contributed by atoms with Gasteiger partial charge in [-0.05, 0) is 43.7 Å². The van der Waals surface area contributed by atoms with E-state index in [0.29, 0.717) is 19.0 Å². The van der Waals surface area contributed by atoms with Crippen LogP contribution in [0.4, 0.5) is 10.5 Å². The number of rotatable bonds is 6. The molecule has 0 bridgehead atoms. The van der Waals surface area contributed by atoms with Crippen molar-refractivity contribution in [3.8, 4) is 0 Å². The summed E-state index contributed by atoms with van der Waals surface area (Å²) in [7, 11) is 0. The number of benzene rings is 1. The van der Waals surface area contributed by atoms with Crippen LogP contribution in [0.5, 0.6) is 0 Å². The van der Waals surface area contributed by atoms with Gasteiger partial charge in [-0.1, -0.05) is 32.0 Å². The van der Waals surface area contributed by atoms with Crippen LogP contribution in [0.2, 0.25) is 0 Å². The molecular formula is C19H31N3O2. The van der Waals surface area contributed by atoms with Crippen molar-refractivity contribution in [1.82, 2.24) is 10.2 Å². The van der Waals surface area contributed by atoms with Gasteiger partial charge in [0.25, 0.3) is 0 Å². The summed E-state index contributed by atoms with van der Waals surface area (Å²) in [5.74, 6) is 0. The van der Waals surface area contributed by atoms with Gasteiger partial charge in [0.1, 0.15) is 0 Å². The fraction of sp³-hybridized carbons (Fsp3) is 0.632. The van der Waals surface area contributed by atoms with Crippen molar-refractivity contribution in [2.75, 3.05) is 25.0 Å². The highest BCUT2D eigenvalue weighted by molar-refractivity contribution is 5.74. The second kappa shape index (κ2) is 8.38. The highest BCUT2D eigenvalue weighted by atomic mass is 16.3. The Hall–Kier alpha value is -1.75. The van der Waals surface area contributed by atoms with E-state index in [2.05, 4.69) is 36.6 Å². The SMILES string of the molecule is CC(O)CC(C)(C)CNC(=O)N1CCC(Nc2ccccc2)CC1. The third-order valence-corrected chi connectivity index (χ3v) is 4.49. The van der Waals surface area contributed by atoms with Crippen LogP contribution >= 0.6 is 0 Å². The van der Waals surface area contributed by atoms with Crippen molar-refractivity contribution in [3.05, 3.63) is 30.3 Å². The van der Waals surface area contributed by atoms with Crippen LogP contribution in [-0.4, -0.2) is 47.8 Å². The molecule has 1 aliphatic heterocycles. The minimum Gasteiger partial charge on any atom is -0.393 e. The monoisotopic (exact) mass is 333 g/mol. The average Bonchev–Trinajstić information content (AvgIpc) is 2.53. The predicted molar refractivity (Wildman–Crippen MR) is 98.1 cm³/mol. The van der Waals surface area contributed by atoms with Gasteiger partial charge in [-0.3, -0.25) is 0 Å². The summed E-state index contributed by atoms with van der Waals surface area (Å²) < 4.78 is 0. The van der Waals surface area contributed by atoms with E-state index in [1.165, 1.54) is 0 Å². The van der Waals surface area contributed by atoms with E-state index in [0.717, 1.165) is 31.6 Å². The van der Waals surface area contributed by atoms with Crippen molar-refractivity contribution in [2.45, 2.75) is 52.2 Å². The van der Waals surface area contributed by atoms with Crippen LogP contribution in [0.3, 0.4) is 0 Å². The number of piperidine rings is 1. The van der Waals surface area contributed by atoms with Gasteiger partial charge < -0.3 is 20.6 Å². The van der Waals surface area contributed by atoms with E-state index in [9.17, 15) is 9.90 Å². The summed E-state index contributed by atoms with van der Waals surface area (Å²) in [4.78, 5) is 14.2. The van der Waals surface area contributed by atoms with Crippen molar-refractivity contribution in [3.63, 3.8) is 0 Å². The minimum absolute atomic E-state index is 0.00632. The van der Waals surface area contributed by atoms with E-state index in [1.807, 2.05) is 23.1 Å². The third-order valence-electron chi connectivity index (χ3n) is 4.49. The highest BCUT2D eigenvalue weighted by Gasteiger charge is 2.25. The Bertz CT molecular complexity index is 509. The van der Waals surface area contributed by atoms with Crippen LogP contribution < -0.4 is 10.6 Å². The quantitative estimate of drug-likeness (QED) is 0.749. The van der Waals surface area contributed by atoms with Gasteiger partial charge >= 0.3 is 6.03 Å². The first-order chi connectivity index (χ1) is 11.4. The number of carbonyl (C=O) groups is 1. The van der Waals surface area contributed by atoms with Crippen molar-refractivity contribution in [1.29, 1.82) is 0 Å². The number of hydrogen-bond donors (Lipinski definition) is 3. The molecule has 24 heavy (non-hydrogen) atoms. The van der Waals surface area contributed by atoms with Gasteiger partial charge in [-0.2, -0.15) is 0 Å². The Morgan fingerprint density at radius 2 is 1.92 bits per heavy atom. The van der Waals surface area contributed by atoms with E-state index in [1.54, 1.807) is 6.92 Å². The average molecular weight is 333 g/mol. The Labute approximate surface area is 145 Å². The molecule has 5 nitrogen and oxygen atoms in total. The van der Waals surface area contributed by atoms with Crippen LogP contribution in [-0.2, 0) is 0 Å². The van der Waals surface area contributed by atoms with Crippen molar-refractivity contribution in [2.24, 2.45) is 5.41 Å². The maximum Gasteiger partial charge on any atom is 0.317 e. The highest BCUT2D eigenvalue weighted by Crippen LogP contribution is 2.21. The van der Waals surface area contributed by atoms with Gasteiger partial charge in [0.15, 0.2) is 0 Å². The number of nitrogens with zero attached hydrogens (tertiary/aromatic N) is 1. The number of likely N-dealkylation sites (tertiary alicyclic amines) is 1. The van der Waals surface area contributed by atoms with Crippen LogP contribution in [0, 0.1) is 5.41 Å². The normalized spacial score (nSPS) is 17.4. The van der Waals surface area contributed by atoms with Crippen LogP contribution in [0.15, 0.2) is 30.3 Å². The van der Waals surface area contributed by atoms with E-state index >= 15 is 0 Å². The molecule has 1 aromatic rings. The number of aliphatic hydroxyl groups excluding tert-OH is 1. The van der Waals surface area contributed by atoms with Gasteiger partial charge in [-0.15, -0.1) is 0 Å². The zero-order chi connectivity index (χ0) is 17.6. The lowest BCUT2D eigenvalue weighted by Gasteiger charge is -2.34. The van der Waals surface area contributed by atoms with E-state index in [-0.39, 0.29) is 17.6 Å². The third kappa shape index (κ3) is 6.04. The number of anilines is 1. The molecule has 1 heterocycles. The maximum absolute atomic E-state index is 12.3. The molecule has 5 heteroatoms. The Kier molecular flexibility index (Phi) is 6.49. The van der Waals surface area contributed by atoms with E-state index in [4.69, 9.17) is 0 Å². The molecule has 1 aliphatic rings. The van der Waals surface area contributed by atoms with Crippen LogP contribution in [0.25, 0.3) is 0 Å². The second-order valence-electron chi connectivity index (χ2n) is 7.65. The number of aliphatic hydroxyl groups is 1. The molecule has 0 spiro atoms. The molecule has 0 aliphatic carbocycles. The lowest BCUT2D eigenvalue weighted by molar-refractivity contribution is 0.125. The number of hydrogen-bond acceptors (Lipinski definition) is 3. The first-order valence-corrected chi connectivity index (χ1v) is 8.88. The first kappa shape index (κ1) is 18.6. The molecule has 2 amide bonds. The molecule has 1 saturated heterocycles. The molecule has 0 aromatic heterocycles. The summed E-state index contributed by atoms with van der Waals surface area (Å²) in [6.07, 6.45) is 2.24. The van der Waals surface area contributed by atoms with Gasteiger partial charge in [0.05, 0.1) is 6.10 Å². The predicted octanol–water partition coefficient (Wildman–Crippen LogP) is 3.07. The molecule has 1 aromatic carbocycles. The summed E-state index contributed by atoms with van der Waals surface area (Å²) in [5, 5.41) is 16.1. The Morgan fingerprint density at radius 1 is 1.29 bits per heavy atom. The largest absolute Gasteiger partial charge is 0.393 e. The fourth-order valence-corrected chi connectivity index (χ4v) is 3.30. The van der Waals surface area contributed by atoms with Crippen LogP contribution in [0.1, 0.15) is 40.0 Å². The second-order valence-corrected chi connectivity index (χ2v) is 7.65. The standard InChI is InChI=1S/C19H31N3O2/c1-15(23)13-19(2,3)14-20-18(24)22-11-9-17(10-12-22)21-16-7-5-4-6-8-16/h4-8,15,17,21,23H,9-14H2,1-3H3,(H,20,24). The van der Waals surface area contributed by atoms with Gasteiger partial charge in [0.2, 0.25) is 0 Å². The molecule has 0 radical (unpaired) electrons. The molecule has 1 fully saturated rings. The number of nitrogens with one attached hydrogen (secondary N) is 2. The van der Waals surface area contributed by atoms with Gasteiger partial charge in [0, 0.05) is 31.4 Å².